The van der Waals surface area contributed by atoms with Crippen LogP contribution >= 0.6 is 43.5 Å². The van der Waals surface area contributed by atoms with Gasteiger partial charge in [0.15, 0.2) is 0 Å². The highest BCUT2D eigenvalue weighted by atomic mass is 79.9. The second-order valence-corrected chi connectivity index (χ2v) is 4.69. The minimum absolute atomic E-state index is 0.228. The van der Waals surface area contributed by atoms with Gasteiger partial charge in [-0.2, -0.15) is 13.2 Å². The van der Waals surface area contributed by atoms with Crippen molar-refractivity contribution >= 4 is 48.7 Å². The number of carbonyl (C=O) groups is 1. The van der Waals surface area contributed by atoms with Gasteiger partial charge in [-0.25, -0.2) is 0 Å². The Kier molecular flexibility index (Phi) is 3.84. The van der Waals surface area contributed by atoms with Gasteiger partial charge in [-0.05, 0) is 23.7 Å². The van der Waals surface area contributed by atoms with Gasteiger partial charge in [-0.3, -0.25) is 4.79 Å². The van der Waals surface area contributed by atoms with Crippen LogP contribution in [0.2, 0.25) is 0 Å². The van der Waals surface area contributed by atoms with Crippen LogP contribution in [0.5, 0.6) is 0 Å². The summed E-state index contributed by atoms with van der Waals surface area (Å²) in [6.07, 6.45) is -4.63. The second kappa shape index (κ2) is 4.43. The molecule has 0 aromatic heterocycles. The van der Waals surface area contributed by atoms with Gasteiger partial charge in [0.25, 0.3) is 5.24 Å². The quantitative estimate of drug-likeness (QED) is 0.664. The average molecular weight is 366 g/mol. The Morgan fingerprint density at radius 3 is 2.20 bits per heavy atom. The van der Waals surface area contributed by atoms with Crippen LogP contribution in [0.3, 0.4) is 0 Å². The Morgan fingerprint density at radius 2 is 1.80 bits per heavy atom. The van der Waals surface area contributed by atoms with Crippen molar-refractivity contribution in [1.82, 2.24) is 0 Å². The van der Waals surface area contributed by atoms with Gasteiger partial charge in [0.2, 0.25) is 0 Å². The normalized spacial score (nSPS) is 11.6. The largest absolute Gasteiger partial charge is 0.418 e. The van der Waals surface area contributed by atoms with Crippen LogP contribution in [0, 0.1) is 0 Å². The maximum atomic E-state index is 12.5. The van der Waals surface area contributed by atoms with E-state index in [1.54, 1.807) is 0 Å². The monoisotopic (exact) mass is 364 g/mol. The molecule has 1 aromatic carbocycles. The van der Waals surface area contributed by atoms with Crippen LogP contribution in [0.15, 0.2) is 21.1 Å². The molecule has 82 valence electrons. The number of hydrogen-bond acceptors (Lipinski definition) is 1. The highest BCUT2D eigenvalue weighted by molar-refractivity contribution is 9.11. The maximum absolute atomic E-state index is 12.5. The van der Waals surface area contributed by atoms with Crippen LogP contribution in [0.4, 0.5) is 13.2 Å². The standard InChI is InChI=1S/C8H2Br2ClF3O/c9-3-1-4(7(11)15)6(5(10)2-3)8(12,13)14/h1-2H. The number of hydrogen-bond donors (Lipinski definition) is 0. The summed E-state index contributed by atoms with van der Waals surface area (Å²) < 4.78 is 37.7. The molecule has 0 saturated heterocycles. The summed E-state index contributed by atoms with van der Waals surface area (Å²) in [5.74, 6) is 0. The van der Waals surface area contributed by atoms with E-state index in [2.05, 4.69) is 31.9 Å². The lowest BCUT2D eigenvalue weighted by Gasteiger charge is -2.12. The van der Waals surface area contributed by atoms with E-state index in [0.29, 0.717) is 4.47 Å². The molecule has 0 aliphatic rings. The predicted molar refractivity (Wildman–Crippen MR) is 57.0 cm³/mol. The van der Waals surface area contributed by atoms with Crippen LogP contribution < -0.4 is 0 Å². The zero-order valence-electron chi connectivity index (χ0n) is 6.83. The van der Waals surface area contributed by atoms with Gasteiger partial charge >= 0.3 is 6.18 Å². The summed E-state index contributed by atoms with van der Waals surface area (Å²) in [7, 11) is 0. The predicted octanol–water partition coefficient (Wildman–Crippen LogP) is 4.61. The number of halogens is 6. The van der Waals surface area contributed by atoms with E-state index < -0.39 is 22.5 Å². The van der Waals surface area contributed by atoms with Crippen LogP contribution in [-0.4, -0.2) is 5.24 Å². The highest BCUT2D eigenvalue weighted by Gasteiger charge is 2.37. The summed E-state index contributed by atoms with van der Waals surface area (Å²) in [6.45, 7) is 0. The summed E-state index contributed by atoms with van der Waals surface area (Å²) in [5, 5.41) is -1.15. The Labute approximate surface area is 105 Å². The summed E-state index contributed by atoms with van der Waals surface area (Å²) in [6, 6.07) is 2.23. The van der Waals surface area contributed by atoms with Gasteiger partial charge in [0.05, 0.1) is 5.56 Å². The first-order valence-corrected chi connectivity index (χ1v) is 5.46. The third kappa shape index (κ3) is 2.95. The molecule has 0 unspecified atom stereocenters. The lowest BCUT2D eigenvalue weighted by Crippen LogP contribution is -2.12. The number of rotatable bonds is 1. The van der Waals surface area contributed by atoms with Crippen molar-refractivity contribution in [2.75, 3.05) is 0 Å². The van der Waals surface area contributed by atoms with E-state index in [0.717, 1.165) is 6.07 Å². The molecule has 0 aliphatic heterocycles. The molecule has 0 amide bonds. The first kappa shape index (κ1) is 13.0. The molecule has 1 aromatic rings. The summed E-state index contributed by atoms with van der Waals surface area (Å²) in [4.78, 5) is 10.8. The van der Waals surface area contributed by atoms with E-state index in [-0.39, 0.29) is 4.47 Å². The van der Waals surface area contributed by atoms with Gasteiger partial charge in [-0.1, -0.05) is 31.9 Å². The zero-order chi connectivity index (χ0) is 11.8. The molecule has 7 heteroatoms. The molecule has 0 bridgehead atoms. The van der Waals surface area contributed by atoms with Gasteiger partial charge in [0, 0.05) is 14.5 Å². The minimum atomic E-state index is -4.63. The molecule has 0 fully saturated rings. The van der Waals surface area contributed by atoms with Gasteiger partial charge < -0.3 is 0 Å². The fourth-order valence-electron chi connectivity index (χ4n) is 1.02. The topological polar surface area (TPSA) is 17.1 Å². The van der Waals surface area contributed by atoms with Gasteiger partial charge in [0.1, 0.15) is 0 Å². The number of benzene rings is 1. The Bertz CT molecular complexity index is 417. The number of carbonyl (C=O) groups excluding carboxylic acids is 1. The molecule has 0 N–H and O–H groups in total. The molecule has 1 nitrogen and oxygen atoms in total. The highest BCUT2D eigenvalue weighted by Crippen LogP contribution is 2.39. The summed E-state index contributed by atoms with van der Waals surface area (Å²) >= 11 is 10.8. The smallest absolute Gasteiger partial charge is 0.276 e. The third-order valence-corrected chi connectivity index (χ3v) is 2.84. The molecule has 0 radical (unpaired) electrons. The average Bonchev–Trinajstić information content (AvgIpc) is 1.99. The van der Waals surface area contributed by atoms with E-state index in [9.17, 15) is 18.0 Å². The van der Waals surface area contributed by atoms with Crippen LogP contribution in [-0.2, 0) is 6.18 Å². The van der Waals surface area contributed by atoms with Crippen molar-refractivity contribution in [2.45, 2.75) is 6.18 Å². The molecule has 0 spiro atoms. The number of alkyl halides is 3. The molecule has 0 saturated carbocycles. The summed E-state index contributed by atoms with van der Waals surface area (Å²) in [5.41, 5.74) is -1.64. The second-order valence-electron chi connectivity index (χ2n) is 2.58. The maximum Gasteiger partial charge on any atom is 0.418 e. The van der Waals surface area contributed by atoms with E-state index in [1.807, 2.05) is 0 Å². The molecule has 0 heterocycles. The first-order valence-electron chi connectivity index (χ1n) is 3.49. The Balaban J connectivity index is 3.55. The Morgan fingerprint density at radius 1 is 1.27 bits per heavy atom. The van der Waals surface area contributed by atoms with Crippen molar-refractivity contribution < 1.29 is 18.0 Å². The minimum Gasteiger partial charge on any atom is -0.276 e. The van der Waals surface area contributed by atoms with Crippen molar-refractivity contribution in [2.24, 2.45) is 0 Å². The van der Waals surface area contributed by atoms with E-state index >= 15 is 0 Å². The molecule has 15 heavy (non-hydrogen) atoms. The van der Waals surface area contributed by atoms with Crippen LogP contribution in [0.1, 0.15) is 15.9 Å². The van der Waals surface area contributed by atoms with Crippen molar-refractivity contribution in [3.05, 3.63) is 32.2 Å². The molecular weight excluding hydrogens is 364 g/mol. The molecule has 0 atom stereocenters. The van der Waals surface area contributed by atoms with Crippen molar-refractivity contribution in [3.8, 4) is 0 Å². The van der Waals surface area contributed by atoms with Crippen molar-refractivity contribution in [1.29, 1.82) is 0 Å². The Hall–Kier alpha value is -0.0700. The van der Waals surface area contributed by atoms with Crippen LogP contribution in [0.25, 0.3) is 0 Å². The van der Waals surface area contributed by atoms with E-state index in [4.69, 9.17) is 11.6 Å². The molecular formula is C8H2Br2ClF3O. The fraction of sp³-hybridized carbons (Fsp3) is 0.125. The fourth-order valence-corrected chi connectivity index (χ4v) is 2.62. The SMILES string of the molecule is O=C(Cl)c1cc(Br)cc(Br)c1C(F)(F)F. The molecule has 1 rings (SSSR count). The van der Waals surface area contributed by atoms with E-state index in [1.165, 1.54) is 6.07 Å². The molecule has 0 aliphatic carbocycles. The lowest BCUT2D eigenvalue weighted by atomic mass is 10.1. The zero-order valence-corrected chi connectivity index (χ0v) is 10.8. The van der Waals surface area contributed by atoms with Gasteiger partial charge in [-0.15, -0.1) is 0 Å². The van der Waals surface area contributed by atoms with Crippen molar-refractivity contribution in [3.63, 3.8) is 0 Å². The first-order chi connectivity index (χ1) is 6.73. The lowest BCUT2D eigenvalue weighted by molar-refractivity contribution is -0.138. The third-order valence-electron chi connectivity index (χ3n) is 1.55.